The lowest BCUT2D eigenvalue weighted by atomic mass is 10.0. The first-order valence-electron chi connectivity index (χ1n) is 7.45. The number of methoxy groups -OCH3 is 1. The van der Waals surface area contributed by atoms with Gasteiger partial charge in [0.15, 0.2) is 5.75 Å². The Kier molecular flexibility index (Phi) is 3.73. The van der Waals surface area contributed by atoms with E-state index in [1.54, 1.807) is 26.1 Å². The molecule has 0 bridgehead atoms. The SMILES string of the molecule is COc1c(N2CC3CCCC3C2)sc(C(=O)N(C)C)c1N. The van der Waals surface area contributed by atoms with Crippen molar-refractivity contribution in [3.8, 4) is 5.75 Å². The monoisotopic (exact) mass is 309 g/mol. The molecule has 2 fully saturated rings. The molecule has 1 saturated heterocycles. The Hall–Kier alpha value is -1.43. The fourth-order valence-electron chi connectivity index (χ4n) is 3.58. The van der Waals surface area contributed by atoms with Crippen molar-refractivity contribution in [3.63, 3.8) is 0 Å². The van der Waals surface area contributed by atoms with Gasteiger partial charge in [-0.2, -0.15) is 0 Å². The zero-order valence-electron chi connectivity index (χ0n) is 12.9. The van der Waals surface area contributed by atoms with Crippen molar-refractivity contribution in [2.24, 2.45) is 11.8 Å². The number of carbonyl (C=O) groups is 1. The van der Waals surface area contributed by atoms with Gasteiger partial charge in [0.1, 0.15) is 15.6 Å². The van der Waals surface area contributed by atoms with Crippen molar-refractivity contribution in [3.05, 3.63) is 4.88 Å². The van der Waals surface area contributed by atoms with Gasteiger partial charge in [-0.05, 0) is 24.7 Å². The Morgan fingerprint density at radius 1 is 1.33 bits per heavy atom. The van der Waals surface area contributed by atoms with Crippen LogP contribution in [0.4, 0.5) is 10.7 Å². The number of hydrogen-bond donors (Lipinski definition) is 1. The Labute approximate surface area is 129 Å². The van der Waals surface area contributed by atoms with E-state index in [9.17, 15) is 4.79 Å². The Morgan fingerprint density at radius 2 is 1.95 bits per heavy atom. The Morgan fingerprint density at radius 3 is 2.48 bits per heavy atom. The van der Waals surface area contributed by atoms with Gasteiger partial charge >= 0.3 is 0 Å². The third-order valence-corrected chi connectivity index (χ3v) is 5.94. The van der Waals surface area contributed by atoms with Crippen LogP contribution in [0.5, 0.6) is 5.75 Å². The highest BCUT2D eigenvalue weighted by atomic mass is 32.1. The molecule has 0 aromatic carbocycles. The van der Waals surface area contributed by atoms with Crippen molar-refractivity contribution in [2.75, 3.05) is 44.9 Å². The topological polar surface area (TPSA) is 58.8 Å². The molecule has 1 aliphatic carbocycles. The first-order valence-corrected chi connectivity index (χ1v) is 8.27. The van der Waals surface area contributed by atoms with Crippen molar-refractivity contribution >= 4 is 27.9 Å². The maximum Gasteiger partial charge on any atom is 0.265 e. The number of ether oxygens (including phenoxy) is 1. The molecule has 6 heteroatoms. The highest BCUT2D eigenvalue weighted by molar-refractivity contribution is 7.19. The molecule has 0 spiro atoms. The number of carbonyl (C=O) groups excluding carboxylic acids is 1. The number of nitrogens with zero attached hydrogens (tertiary/aromatic N) is 2. The highest BCUT2D eigenvalue weighted by Gasteiger charge is 2.38. The summed E-state index contributed by atoms with van der Waals surface area (Å²) in [6.07, 6.45) is 4.01. The number of nitrogens with two attached hydrogens (primary N) is 1. The molecule has 21 heavy (non-hydrogen) atoms. The van der Waals surface area contributed by atoms with E-state index in [1.807, 2.05) is 0 Å². The molecule has 2 N–H and O–H groups in total. The normalized spacial score (nSPS) is 24.2. The summed E-state index contributed by atoms with van der Waals surface area (Å²) < 4.78 is 5.49. The third-order valence-electron chi connectivity index (χ3n) is 4.70. The van der Waals surface area contributed by atoms with Gasteiger partial charge in [-0.25, -0.2) is 0 Å². The minimum atomic E-state index is -0.0542. The predicted octanol–water partition coefficient (Wildman–Crippen LogP) is 2.28. The molecule has 0 radical (unpaired) electrons. The second kappa shape index (κ2) is 5.40. The molecular formula is C15H23N3O2S. The van der Waals surface area contributed by atoms with Crippen molar-refractivity contribution in [1.29, 1.82) is 0 Å². The van der Waals surface area contributed by atoms with Crippen LogP contribution in [0.3, 0.4) is 0 Å². The van der Waals surface area contributed by atoms with Gasteiger partial charge in [-0.15, -0.1) is 11.3 Å². The van der Waals surface area contributed by atoms with Crippen molar-refractivity contribution < 1.29 is 9.53 Å². The van der Waals surface area contributed by atoms with Crippen LogP contribution in [-0.4, -0.2) is 45.1 Å². The second-order valence-corrected chi connectivity index (χ2v) is 7.24. The first-order chi connectivity index (χ1) is 10.0. The van der Waals surface area contributed by atoms with Crippen molar-refractivity contribution in [2.45, 2.75) is 19.3 Å². The van der Waals surface area contributed by atoms with Gasteiger partial charge in [-0.3, -0.25) is 4.79 Å². The molecule has 2 unspecified atom stereocenters. The number of nitrogen functional groups attached to an aromatic ring is 1. The molecular weight excluding hydrogens is 286 g/mol. The lowest BCUT2D eigenvalue weighted by Gasteiger charge is -2.18. The zero-order chi connectivity index (χ0) is 15.1. The van der Waals surface area contributed by atoms with Crippen LogP contribution in [0.2, 0.25) is 0 Å². The summed E-state index contributed by atoms with van der Waals surface area (Å²) in [7, 11) is 5.12. The fraction of sp³-hybridized carbons (Fsp3) is 0.667. The van der Waals surface area contributed by atoms with E-state index >= 15 is 0 Å². The average Bonchev–Trinajstić information content (AvgIpc) is 3.09. The molecule has 3 rings (SSSR count). The maximum atomic E-state index is 12.2. The van der Waals surface area contributed by atoms with Gasteiger partial charge in [0.25, 0.3) is 5.91 Å². The summed E-state index contributed by atoms with van der Waals surface area (Å²) in [5.41, 5.74) is 6.63. The minimum absolute atomic E-state index is 0.0542. The molecule has 1 aromatic heterocycles. The number of thiophene rings is 1. The minimum Gasteiger partial charge on any atom is -0.492 e. The fourth-order valence-corrected chi connectivity index (χ4v) is 4.81. The number of anilines is 2. The molecule has 2 atom stereocenters. The quantitative estimate of drug-likeness (QED) is 0.930. The lowest BCUT2D eigenvalue weighted by Crippen LogP contribution is -2.21. The van der Waals surface area contributed by atoms with E-state index in [2.05, 4.69) is 4.90 Å². The van der Waals surface area contributed by atoms with Gasteiger partial charge in [-0.1, -0.05) is 6.42 Å². The number of rotatable bonds is 3. The van der Waals surface area contributed by atoms with Gasteiger partial charge < -0.3 is 20.3 Å². The molecule has 1 aromatic rings. The molecule has 1 amide bonds. The van der Waals surface area contributed by atoms with Gasteiger partial charge in [0.05, 0.1) is 7.11 Å². The van der Waals surface area contributed by atoms with Crippen molar-refractivity contribution in [1.82, 2.24) is 4.90 Å². The molecule has 116 valence electrons. The summed E-state index contributed by atoms with van der Waals surface area (Å²) in [4.78, 5) is 16.7. The highest BCUT2D eigenvalue weighted by Crippen LogP contribution is 2.49. The van der Waals surface area contributed by atoms with Crippen LogP contribution in [0, 0.1) is 11.8 Å². The molecule has 5 nitrogen and oxygen atoms in total. The summed E-state index contributed by atoms with van der Waals surface area (Å²) >= 11 is 1.47. The van der Waals surface area contributed by atoms with E-state index in [4.69, 9.17) is 10.5 Å². The third kappa shape index (κ3) is 2.35. The van der Waals surface area contributed by atoms with Crippen LogP contribution in [0.1, 0.15) is 28.9 Å². The smallest absolute Gasteiger partial charge is 0.265 e. The molecule has 2 heterocycles. The van der Waals surface area contributed by atoms with Gasteiger partial charge in [0.2, 0.25) is 0 Å². The van der Waals surface area contributed by atoms with Crippen LogP contribution in [-0.2, 0) is 0 Å². The molecule has 2 aliphatic rings. The second-order valence-electron chi connectivity index (χ2n) is 6.24. The van der Waals surface area contributed by atoms with Crippen LogP contribution in [0.15, 0.2) is 0 Å². The maximum absolute atomic E-state index is 12.2. The summed E-state index contributed by atoms with van der Waals surface area (Å²) in [6, 6.07) is 0. The largest absolute Gasteiger partial charge is 0.492 e. The molecule has 1 aliphatic heterocycles. The van der Waals surface area contributed by atoms with E-state index in [0.29, 0.717) is 16.3 Å². The Balaban J connectivity index is 1.92. The van der Waals surface area contributed by atoms with E-state index in [1.165, 1.54) is 30.6 Å². The summed E-state index contributed by atoms with van der Waals surface area (Å²) in [5.74, 6) is 2.21. The standard InChI is InChI=1S/C15H23N3O2S/c1-17(2)14(19)13-11(16)12(20-3)15(21-13)18-7-9-5-4-6-10(9)8-18/h9-10H,4-8,16H2,1-3H3. The van der Waals surface area contributed by atoms with Gasteiger partial charge in [0, 0.05) is 27.2 Å². The average molecular weight is 309 g/mol. The number of hydrogen-bond acceptors (Lipinski definition) is 5. The zero-order valence-corrected chi connectivity index (χ0v) is 13.7. The lowest BCUT2D eigenvalue weighted by molar-refractivity contribution is 0.0833. The predicted molar refractivity (Wildman–Crippen MR) is 86.3 cm³/mol. The summed E-state index contributed by atoms with van der Waals surface area (Å²) in [6.45, 7) is 2.13. The van der Waals surface area contributed by atoms with Crippen LogP contribution >= 0.6 is 11.3 Å². The van der Waals surface area contributed by atoms with E-state index in [-0.39, 0.29) is 5.91 Å². The summed E-state index contributed by atoms with van der Waals surface area (Å²) in [5, 5.41) is 1.02. The van der Waals surface area contributed by atoms with Crippen LogP contribution in [0.25, 0.3) is 0 Å². The number of fused-ring (bicyclic) bond motifs is 1. The first kappa shape index (κ1) is 14.5. The number of amides is 1. The molecule has 1 saturated carbocycles. The Bertz CT molecular complexity index is 543. The van der Waals surface area contributed by atoms with E-state index in [0.717, 1.165) is 29.9 Å². The van der Waals surface area contributed by atoms with Crippen LogP contribution < -0.4 is 15.4 Å². The van der Waals surface area contributed by atoms with E-state index < -0.39 is 0 Å².